The zero-order valence-electron chi connectivity index (χ0n) is 17.5. The molecule has 1 atom stereocenters. The highest BCUT2D eigenvalue weighted by Gasteiger charge is 2.52. The minimum absolute atomic E-state index is 0.0797. The molecular formula is C20H30BNO5S. The zero-order valence-corrected chi connectivity index (χ0v) is 18.3. The Morgan fingerprint density at radius 1 is 1.14 bits per heavy atom. The van der Waals surface area contributed by atoms with E-state index in [1.54, 1.807) is 24.3 Å². The highest BCUT2D eigenvalue weighted by molar-refractivity contribution is 7.89. The summed E-state index contributed by atoms with van der Waals surface area (Å²) in [4.78, 5) is 0.236. The topological polar surface area (TPSA) is 76.1 Å². The SMILES string of the molecule is C/C(B1OC(C)(C)C(C)(C)O1)=C1/CC(O)CN(S(=O)(=O)c2ccc(C)cc2)C1. The van der Waals surface area contributed by atoms with Crippen molar-refractivity contribution in [2.24, 2.45) is 0 Å². The maximum atomic E-state index is 13.1. The molecule has 0 radical (unpaired) electrons. The summed E-state index contributed by atoms with van der Waals surface area (Å²) in [5.74, 6) is 0. The lowest BCUT2D eigenvalue weighted by Gasteiger charge is -2.32. The molecule has 2 aliphatic heterocycles. The number of hydrogen-bond acceptors (Lipinski definition) is 5. The van der Waals surface area contributed by atoms with Gasteiger partial charge in [0.1, 0.15) is 0 Å². The van der Waals surface area contributed by atoms with Crippen molar-refractivity contribution in [2.75, 3.05) is 13.1 Å². The van der Waals surface area contributed by atoms with E-state index >= 15 is 0 Å². The van der Waals surface area contributed by atoms with E-state index in [-0.39, 0.29) is 18.0 Å². The molecule has 0 aromatic heterocycles. The van der Waals surface area contributed by atoms with E-state index in [9.17, 15) is 13.5 Å². The number of sulfonamides is 1. The number of nitrogens with zero attached hydrogens (tertiary/aromatic N) is 1. The summed E-state index contributed by atoms with van der Waals surface area (Å²) in [5, 5.41) is 10.4. The van der Waals surface area contributed by atoms with Gasteiger partial charge in [0.05, 0.1) is 22.2 Å². The predicted molar refractivity (Wildman–Crippen MR) is 109 cm³/mol. The Bertz CT molecular complexity index is 860. The quantitative estimate of drug-likeness (QED) is 0.780. The number of piperidine rings is 1. The van der Waals surface area contributed by atoms with Gasteiger partial charge in [-0.05, 0) is 65.6 Å². The van der Waals surface area contributed by atoms with Gasteiger partial charge >= 0.3 is 7.12 Å². The number of allylic oxidation sites excluding steroid dienone is 1. The fourth-order valence-electron chi connectivity index (χ4n) is 3.44. The number of β-amino-alcohol motifs (C(OH)–C–C–N with tert-alkyl or cyclic N) is 1. The molecule has 3 rings (SSSR count). The van der Waals surface area contributed by atoms with Crippen LogP contribution in [0.4, 0.5) is 0 Å². The molecule has 2 heterocycles. The molecule has 6 nitrogen and oxygen atoms in total. The smallest absolute Gasteiger partial charge is 0.400 e. The fraction of sp³-hybridized carbons (Fsp3) is 0.600. The van der Waals surface area contributed by atoms with Crippen molar-refractivity contribution in [3.05, 3.63) is 40.9 Å². The standard InChI is InChI=1S/C20H30BNO5S/c1-14-7-9-18(10-8-14)28(24,25)22-12-16(11-17(23)13-22)15(2)21-26-19(3,4)20(5,6)27-21/h7-10,17,23H,11-13H2,1-6H3/b16-15+. The predicted octanol–water partition coefficient (Wildman–Crippen LogP) is 2.70. The molecule has 1 aromatic rings. The van der Waals surface area contributed by atoms with E-state index < -0.39 is 34.4 Å². The summed E-state index contributed by atoms with van der Waals surface area (Å²) in [7, 11) is -4.24. The molecule has 0 amide bonds. The molecule has 1 aromatic carbocycles. The van der Waals surface area contributed by atoms with Gasteiger partial charge in [0.15, 0.2) is 0 Å². The lowest BCUT2D eigenvalue weighted by Crippen LogP contribution is -2.44. The van der Waals surface area contributed by atoms with Crippen molar-refractivity contribution >= 4 is 17.1 Å². The average molecular weight is 407 g/mol. The second-order valence-electron chi connectivity index (χ2n) is 8.84. The van der Waals surface area contributed by atoms with Crippen molar-refractivity contribution in [2.45, 2.75) is 70.2 Å². The number of hydrogen-bond donors (Lipinski definition) is 1. The monoisotopic (exact) mass is 407 g/mol. The molecule has 28 heavy (non-hydrogen) atoms. The number of aryl methyl sites for hydroxylation is 1. The first-order valence-electron chi connectivity index (χ1n) is 9.62. The number of aliphatic hydroxyl groups is 1. The van der Waals surface area contributed by atoms with Crippen molar-refractivity contribution in [3.63, 3.8) is 0 Å². The second kappa shape index (κ2) is 7.25. The fourth-order valence-corrected chi connectivity index (χ4v) is 4.91. The van der Waals surface area contributed by atoms with Gasteiger partial charge in [-0.3, -0.25) is 0 Å². The Labute approximate surface area is 168 Å². The Morgan fingerprint density at radius 2 is 1.68 bits per heavy atom. The van der Waals surface area contributed by atoms with E-state index in [4.69, 9.17) is 9.31 Å². The van der Waals surface area contributed by atoms with E-state index in [1.807, 2.05) is 41.5 Å². The van der Waals surface area contributed by atoms with E-state index in [2.05, 4.69) is 0 Å². The molecule has 0 aliphatic carbocycles. The average Bonchev–Trinajstić information content (AvgIpc) is 2.81. The van der Waals surface area contributed by atoms with Crippen LogP contribution in [0.3, 0.4) is 0 Å². The molecule has 0 spiro atoms. The second-order valence-corrected chi connectivity index (χ2v) is 10.8. The summed E-state index contributed by atoms with van der Waals surface area (Å²) in [6.45, 7) is 12.0. The third-order valence-corrected chi connectivity index (χ3v) is 7.91. The highest BCUT2D eigenvalue weighted by Crippen LogP contribution is 2.39. The minimum atomic E-state index is -3.69. The summed E-state index contributed by atoms with van der Waals surface area (Å²) in [6.07, 6.45) is -0.350. The van der Waals surface area contributed by atoms with Crippen LogP contribution in [0.5, 0.6) is 0 Å². The van der Waals surface area contributed by atoms with Gasteiger partial charge in [0, 0.05) is 13.1 Å². The van der Waals surface area contributed by atoms with Crippen LogP contribution in [0.25, 0.3) is 0 Å². The van der Waals surface area contributed by atoms with Gasteiger partial charge in [0.2, 0.25) is 10.0 Å². The van der Waals surface area contributed by atoms with Crippen LogP contribution in [-0.4, -0.2) is 55.3 Å². The first-order chi connectivity index (χ1) is 12.8. The van der Waals surface area contributed by atoms with E-state index in [1.165, 1.54) is 4.31 Å². The summed E-state index contributed by atoms with van der Waals surface area (Å²) < 4.78 is 39.7. The molecule has 2 saturated heterocycles. The van der Waals surface area contributed by atoms with Crippen molar-refractivity contribution in [1.29, 1.82) is 0 Å². The van der Waals surface area contributed by atoms with Gasteiger partial charge < -0.3 is 14.4 Å². The van der Waals surface area contributed by atoms with Gasteiger partial charge in [-0.25, -0.2) is 8.42 Å². The Morgan fingerprint density at radius 3 is 2.21 bits per heavy atom. The molecule has 1 N–H and O–H groups in total. The third kappa shape index (κ3) is 3.93. The molecule has 0 bridgehead atoms. The Hall–Kier alpha value is -1.19. The maximum absolute atomic E-state index is 13.1. The van der Waals surface area contributed by atoms with Crippen molar-refractivity contribution in [1.82, 2.24) is 4.31 Å². The largest absolute Gasteiger partial charge is 0.490 e. The van der Waals surface area contributed by atoms with Crippen molar-refractivity contribution < 1.29 is 22.8 Å². The van der Waals surface area contributed by atoms with Crippen LogP contribution in [-0.2, 0) is 19.3 Å². The lowest BCUT2D eigenvalue weighted by molar-refractivity contribution is 0.00578. The minimum Gasteiger partial charge on any atom is -0.400 e. The molecule has 8 heteroatoms. The van der Waals surface area contributed by atoms with Crippen LogP contribution >= 0.6 is 0 Å². The van der Waals surface area contributed by atoms with Crippen LogP contribution in [0.2, 0.25) is 0 Å². The molecule has 2 aliphatic rings. The molecule has 0 saturated carbocycles. The molecule has 154 valence electrons. The summed E-state index contributed by atoms with van der Waals surface area (Å²) in [5.41, 5.74) is 1.73. The maximum Gasteiger partial charge on any atom is 0.490 e. The van der Waals surface area contributed by atoms with E-state index in [0.29, 0.717) is 6.42 Å². The van der Waals surface area contributed by atoms with Gasteiger partial charge in [-0.15, -0.1) is 0 Å². The van der Waals surface area contributed by atoms with Crippen LogP contribution < -0.4 is 0 Å². The summed E-state index contributed by atoms with van der Waals surface area (Å²) in [6, 6.07) is 6.77. The highest BCUT2D eigenvalue weighted by atomic mass is 32.2. The first kappa shape index (κ1) is 21.5. The molecule has 2 fully saturated rings. The van der Waals surface area contributed by atoms with E-state index in [0.717, 1.165) is 16.6 Å². The summed E-state index contributed by atoms with van der Waals surface area (Å²) >= 11 is 0. The molecule has 1 unspecified atom stereocenters. The van der Waals surface area contributed by atoms with Gasteiger partial charge in [-0.1, -0.05) is 23.3 Å². The third-order valence-electron chi connectivity index (χ3n) is 6.09. The number of rotatable bonds is 3. The van der Waals surface area contributed by atoms with Crippen LogP contribution in [0.1, 0.15) is 46.6 Å². The Kier molecular flexibility index (Phi) is 5.58. The van der Waals surface area contributed by atoms with Crippen molar-refractivity contribution in [3.8, 4) is 0 Å². The normalized spacial score (nSPS) is 27.1. The lowest BCUT2D eigenvalue weighted by atomic mass is 9.74. The van der Waals surface area contributed by atoms with Gasteiger partial charge in [0.25, 0.3) is 0 Å². The number of benzene rings is 1. The first-order valence-corrected chi connectivity index (χ1v) is 11.1. The van der Waals surface area contributed by atoms with Crippen LogP contribution in [0, 0.1) is 6.92 Å². The number of aliphatic hydroxyl groups excluding tert-OH is 1. The molecular weight excluding hydrogens is 377 g/mol. The van der Waals surface area contributed by atoms with Gasteiger partial charge in [-0.2, -0.15) is 4.31 Å². The van der Waals surface area contributed by atoms with Crippen LogP contribution in [0.15, 0.2) is 40.2 Å². The Balaban J connectivity index is 1.88. The zero-order chi connectivity index (χ0) is 20.9.